The molecule has 0 atom stereocenters. The number of carbonyl (C=O) groups is 1. The van der Waals surface area contributed by atoms with E-state index in [0.717, 1.165) is 10.9 Å². The Bertz CT molecular complexity index is 625. The van der Waals surface area contributed by atoms with Gasteiger partial charge >= 0.3 is 0 Å². The molecule has 2 rings (SSSR count). The molecule has 100 valence electrons. The van der Waals surface area contributed by atoms with E-state index >= 15 is 0 Å². The second kappa shape index (κ2) is 6.07. The summed E-state index contributed by atoms with van der Waals surface area (Å²) in [5.41, 5.74) is 0.803. The van der Waals surface area contributed by atoms with E-state index in [1.807, 2.05) is 6.92 Å². The first kappa shape index (κ1) is 14.6. The van der Waals surface area contributed by atoms with Crippen molar-refractivity contribution in [1.82, 2.24) is 9.78 Å². The number of aryl methyl sites for hydroxylation is 1. The molecule has 2 aromatic rings. The summed E-state index contributed by atoms with van der Waals surface area (Å²) >= 11 is 15.5. The van der Waals surface area contributed by atoms with Gasteiger partial charge in [-0.3, -0.25) is 9.48 Å². The number of hydrogen-bond acceptors (Lipinski definition) is 2. The molecule has 0 aliphatic carbocycles. The fourth-order valence-electron chi connectivity index (χ4n) is 1.77. The van der Waals surface area contributed by atoms with Crippen molar-refractivity contribution in [3.05, 3.63) is 50.2 Å². The van der Waals surface area contributed by atoms with E-state index in [9.17, 15) is 4.79 Å². The largest absolute Gasteiger partial charge is 0.287 e. The van der Waals surface area contributed by atoms with Gasteiger partial charge < -0.3 is 0 Å². The molecule has 0 saturated heterocycles. The van der Waals surface area contributed by atoms with E-state index in [-0.39, 0.29) is 5.78 Å². The lowest BCUT2D eigenvalue weighted by molar-refractivity contribution is 0.102. The van der Waals surface area contributed by atoms with Crippen molar-refractivity contribution in [3.8, 4) is 0 Å². The minimum atomic E-state index is -0.214. The van der Waals surface area contributed by atoms with Crippen molar-refractivity contribution in [2.75, 3.05) is 0 Å². The summed E-state index contributed by atoms with van der Waals surface area (Å²) in [6.45, 7) is 2.65. The molecule has 0 saturated carbocycles. The normalized spacial score (nSPS) is 10.7. The van der Waals surface area contributed by atoms with Gasteiger partial charge in [0.25, 0.3) is 0 Å². The van der Waals surface area contributed by atoms with Crippen LogP contribution in [0.3, 0.4) is 0 Å². The molecule has 3 nitrogen and oxygen atoms in total. The van der Waals surface area contributed by atoms with Crippen LogP contribution in [0, 0.1) is 0 Å². The van der Waals surface area contributed by atoms with Gasteiger partial charge in [-0.2, -0.15) is 5.10 Å². The highest BCUT2D eigenvalue weighted by Crippen LogP contribution is 2.26. The van der Waals surface area contributed by atoms with E-state index in [1.165, 1.54) is 6.20 Å². The summed E-state index contributed by atoms with van der Waals surface area (Å²) in [4.78, 5) is 12.5. The van der Waals surface area contributed by atoms with Gasteiger partial charge in [0.05, 0.1) is 16.2 Å². The van der Waals surface area contributed by atoms with Gasteiger partial charge in [0.1, 0.15) is 5.69 Å². The summed E-state index contributed by atoms with van der Waals surface area (Å²) in [7, 11) is 0. The first-order valence-corrected chi connectivity index (χ1v) is 7.30. The maximum atomic E-state index is 12.5. The molecule has 19 heavy (non-hydrogen) atoms. The van der Waals surface area contributed by atoms with Crippen LogP contribution in [0.15, 0.2) is 28.9 Å². The molecule has 0 aliphatic rings. The Labute approximate surface area is 129 Å². The average molecular weight is 362 g/mol. The second-order valence-electron chi connectivity index (χ2n) is 4.02. The van der Waals surface area contributed by atoms with Crippen molar-refractivity contribution in [2.24, 2.45) is 0 Å². The Kier molecular flexibility index (Phi) is 4.66. The molecule has 0 N–H and O–H groups in total. The first-order valence-electron chi connectivity index (χ1n) is 5.75. The Morgan fingerprint density at radius 3 is 2.74 bits per heavy atom. The summed E-state index contributed by atoms with van der Waals surface area (Å²) in [6.07, 6.45) is 2.35. The maximum Gasteiger partial charge on any atom is 0.214 e. The fourth-order valence-corrected chi connectivity index (χ4v) is 2.76. The first-order chi connectivity index (χ1) is 9.04. The van der Waals surface area contributed by atoms with E-state index in [0.29, 0.717) is 27.8 Å². The van der Waals surface area contributed by atoms with Crippen LogP contribution in [0.5, 0.6) is 0 Å². The van der Waals surface area contributed by atoms with Crippen molar-refractivity contribution >= 4 is 44.9 Å². The lowest BCUT2D eigenvalue weighted by Crippen LogP contribution is -2.12. The predicted octanol–water partition coefficient (Wildman–Crippen LogP) is 4.59. The quantitative estimate of drug-likeness (QED) is 0.746. The molecular weight excluding hydrogens is 351 g/mol. The van der Waals surface area contributed by atoms with Crippen LogP contribution in [-0.4, -0.2) is 15.6 Å². The standard InChI is InChI=1S/C13H11BrCl2N2O/c1-2-5-18-12(11(16)7-17-18)13(19)9-4-3-8(14)6-10(9)15/h3-4,6-7H,2,5H2,1H3. The Morgan fingerprint density at radius 2 is 2.11 bits per heavy atom. The van der Waals surface area contributed by atoms with Crippen molar-refractivity contribution < 1.29 is 4.79 Å². The third-order valence-electron chi connectivity index (χ3n) is 2.62. The van der Waals surface area contributed by atoms with Crippen LogP contribution in [0.1, 0.15) is 29.4 Å². The maximum absolute atomic E-state index is 12.5. The molecule has 0 radical (unpaired) electrons. The zero-order valence-corrected chi connectivity index (χ0v) is 13.3. The molecule has 0 fully saturated rings. The van der Waals surface area contributed by atoms with E-state index in [2.05, 4.69) is 21.0 Å². The highest BCUT2D eigenvalue weighted by atomic mass is 79.9. The van der Waals surface area contributed by atoms with Crippen LogP contribution in [0.4, 0.5) is 0 Å². The Morgan fingerprint density at radius 1 is 1.37 bits per heavy atom. The minimum Gasteiger partial charge on any atom is -0.287 e. The van der Waals surface area contributed by atoms with Gasteiger partial charge in [-0.1, -0.05) is 46.1 Å². The Hall–Kier alpha value is -0.840. The summed E-state index contributed by atoms with van der Waals surface area (Å²) < 4.78 is 2.44. The molecule has 0 amide bonds. The van der Waals surface area contributed by atoms with Crippen LogP contribution in [-0.2, 0) is 6.54 Å². The van der Waals surface area contributed by atoms with Gasteiger partial charge in [-0.25, -0.2) is 0 Å². The molecule has 1 aromatic carbocycles. The minimum absolute atomic E-state index is 0.214. The smallest absolute Gasteiger partial charge is 0.214 e. The van der Waals surface area contributed by atoms with Crippen molar-refractivity contribution in [3.63, 3.8) is 0 Å². The van der Waals surface area contributed by atoms with Crippen molar-refractivity contribution in [1.29, 1.82) is 0 Å². The topological polar surface area (TPSA) is 34.9 Å². The molecule has 1 heterocycles. The van der Waals surface area contributed by atoms with Crippen LogP contribution in [0.2, 0.25) is 10.0 Å². The highest BCUT2D eigenvalue weighted by molar-refractivity contribution is 9.10. The number of carbonyl (C=O) groups excluding carboxylic acids is 1. The predicted molar refractivity (Wildman–Crippen MR) is 80.1 cm³/mol. The number of halogens is 3. The molecule has 0 unspecified atom stereocenters. The van der Waals surface area contributed by atoms with Gasteiger partial charge in [0.2, 0.25) is 5.78 Å². The molecule has 0 bridgehead atoms. The molecule has 0 spiro atoms. The van der Waals surface area contributed by atoms with Gasteiger partial charge in [-0.05, 0) is 24.6 Å². The molecule has 0 aliphatic heterocycles. The third-order valence-corrected chi connectivity index (χ3v) is 3.70. The zero-order chi connectivity index (χ0) is 14.0. The van der Waals surface area contributed by atoms with E-state index in [1.54, 1.807) is 22.9 Å². The van der Waals surface area contributed by atoms with Crippen LogP contribution in [0.25, 0.3) is 0 Å². The number of benzene rings is 1. The molecule has 1 aromatic heterocycles. The molecule has 6 heteroatoms. The van der Waals surface area contributed by atoms with Crippen LogP contribution < -0.4 is 0 Å². The van der Waals surface area contributed by atoms with E-state index < -0.39 is 0 Å². The van der Waals surface area contributed by atoms with Gasteiger partial charge in [0.15, 0.2) is 0 Å². The third kappa shape index (κ3) is 3.02. The lowest BCUT2D eigenvalue weighted by atomic mass is 10.1. The van der Waals surface area contributed by atoms with Gasteiger partial charge in [-0.15, -0.1) is 0 Å². The fraction of sp³-hybridized carbons (Fsp3) is 0.231. The number of hydrogen-bond donors (Lipinski definition) is 0. The summed E-state index contributed by atoms with van der Waals surface area (Å²) in [5.74, 6) is -0.214. The second-order valence-corrected chi connectivity index (χ2v) is 5.75. The van der Waals surface area contributed by atoms with E-state index in [4.69, 9.17) is 23.2 Å². The summed E-state index contributed by atoms with van der Waals surface area (Å²) in [6, 6.07) is 5.13. The van der Waals surface area contributed by atoms with Crippen LogP contribution >= 0.6 is 39.1 Å². The number of ketones is 1. The number of aromatic nitrogens is 2. The highest BCUT2D eigenvalue weighted by Gasteiger charge is 2.21. The molecular formula is C13H11BrCl2N2O. The zero-order valence-electron chi connectivity index (χ0n) is 10.2. The lowest BCUT2D eigenvalue weighted by Gasteiger charge is -2.07. The van der Waals surface area contributed by atoms with Crippen molar-refractivity contribution in [2.45, 2.75) is 19.9 Å². The monoisotopic (exact) mass is 360 g/mol. The number of rotatable bonds is 4. The average Bonchev–Trinajstić information content (AvgIpc) is 2.70. The summed E-state index contributed by atoms with van der Waals surface area (Å²) in [5, 5.41) is 4.84. The number of nitrogens with zero attached hydrogens (tertiary/aromatic N) is 2. The SMILES string of the molecule is CCCn1ncc(Cl)c1C(=O)c1ccc(Br)cc1Cl. The Balaban J connectivity index is 2.46. The van der Waals surface area contributed by atoms with Gasteiger partial charge in [0, 0.05) is 16.6 Å².